The van der Waals surface area contributed by atoms with Gasteiger partial charge in [-0.05, 0) is 59.7 Å². The first-order valence-electron chi connectivity index (χ1n) is 7.40. The molecule has 1 aromatic carbocycles. The first-order chi connectivity index (χ1) is 9.54. The highest BCUT2D eigenvalue weighted by Gasteiger charge is 2.25. The normalized spacial score (nSPS) is 22.6. The molecule has 3 nitrogen and oxygen atoms in total. The molecule has 3 N–H and O–H groups in total. The van der Waals surface area contributed by atoms with Crippen LogP contribution in [0.25, 0.3) is 0 Å². The lowest BCUT2D eigenvalue weighted by Gasteiger charge is -2.36. The van der Waals surface area contributed by atoms with Crippen LogP contribution in [0.2, 0.25) is 0 Å². The third-order valence-electron chi connectivity index (χ3n) is 4.58. The quantitative estimate of drug-likeness (QED) is 0.640. The van der Waals surface area contributed by atoms with E-state index >= 15 is 0 Å². The molecule has 1 saturated carbocycles. The van der Waals surface area contributed by atoms with Crippen LogP contribution in [0.1, 0.15) is 44.6 Å². The van der Waals surface area contributed by atoms with Gasteiger partial charge in [-0.2, -0.15) is 0 Å². The van der Waals surface area contributed by atoms with E-state index in [1.165, 1.54) is 32.1 Å². The van der Waals surface area contributed by atoms with Crippen LogP contribution in [0.5, 0.6) is 0 Å². The van der Waals surface area contributed by atoms with Crippen LogP contribution in [0.3, 0.4) is 0 Å². The minimum atomic E-state index is 0.126. The first kappa shape index (κ1) is 15.4. The van der Waals surface area contributed by atoms with Crippen LogP contribution in [-0.2, 0) is 0 Å². The molecule has 110 valence electrons. The Morgan fingerprint density at radius 2 is 2.00 bits per heavy atom. The molecule has 1 fully saturated rings. The van der Waals surface area contributed by atoms with E-state index in [0.29, 0.717) is 6.04 Å². The highest BCUT2D eigenvalue weighted by Crippen LogP contribution is 2.34. The number of halogens is 1. The van der Waals surface area contributed by atoms with Gasteiger partial charge in [0.05, 0.1) is 5.56 Å². The van der Waals surface area contributed by atoms with Gasteiger partial charge in [-0.3, -0.25) is 5.41 Å². The molecule has 0 aromatic heterocycles. The van der Waals surface area contributed by atoms with Crippen molar-refractivity contribution < 1.29 is 0 Å². The van der Waals surface area contributed by atoms with E-state index in [9.17, 15) is 0 Å². The second-order valence-electron chi connectivity index (χ2n) is 5.74. The predicted octanol–water partition coefficient (Wildman–Crippen LogP) is 4.14. The summed E-state index contributed by atoms with van der Waals surface area (Å²) in [7, 11) is 2.13. The van der Waals surface area contributed by atoms with E-state index in [4.69, 9.17) is 11.1 Å². The summed E-state index contributed by atoms with van der Waals surface area (Å²) in [6.45, 7) is 2.29. The summed E-state index contributed by atoms with van der Waals surface area (Å²) in [4.78, 5) is 2.31. The molecule has 0 radical (unpaired) electrons. The lowest BCUT2D eigenvalue weighted by molar-refractivity contribution is 0.313. The average Bonchev–Trinajstić information content (AvgIpc) is 2.46. The van der Waals surface area contributed by atoms with E-state index in [2.05, 4.69) is 40.9 Å². The monoisotopic (exact) mass is 337 g/mol. The van der Waals surface area contributed by atoms with Gasteiger partial charge in [0.25, 0.3) is 0 Å². The maximum atomic E-state index is 7.81. The van der Waals surface area contributed by atoms with E-state index in [-0.39, 0.29) is 5.84 Å². The van der Waals surface area contributed by atoms with Gasteiger partial charge in [-0.1, -0.05) is 19.4 Å². The van der Waals surface area contributed by atoms with Gasteiger partial charge in [0, 0.05) is 23.2 Å². The van der Waals surface area contributed by atoms with Gasteiger partial charge in [-0.15, -0.1) is 0 Å². The lowest BCUT2D eigenvalue weighted by Crippen LogP contribution is -2.36. The highest BCUT2D eigenvalue weighted by atomic mass is 79.9. The summed E-state index contributed by atoms with van der Waals surface area (Å²) in [5, 5.41) is 7.81. The zero-order valence-electron chi connectivity index (χ0n) is 12.3. The Morgan fingerprint density at radius 3 is 2.55 bits per heavy atom. The fraction of sp³-hybridized carbons (Fsp3) is 0.562. The van der Waals surface area contributed by atoms with Crippen LogP contribution in [0.15, 0.2) is 22.7 Å². The zero-order chi connectivity index (χ0) is 14.7. The third-order valence-corrected chi connectivity index (χ3v) is 5.24. The number of amidine groups is 1. The molecule has 1 aliphatic carbocycles. The number of benzene rings is 1. The van der Waals surface area contributed by atoms with Crippen LogP contribution < -0.4 is 10.6 Å². The molecule has 1 aliphatic rings. The molecule has 0 bridgehead atoms. The highest BCUT2D eigenvalue weighted by molar-refractivity contribution is 9.10. The molecule has 0 unspecified atom stereocenters. The van der Waals surface area contributed by atoms with Crippen molar-refractivity contribution in [1.29, 1.82) is 5.41 Å². The van der Waals surface area contributed by atoms with Crippen molar-refractivity contribution in [2.45, 2.75) is 45.1 Å². The summed E-state index contributed by atoms with van der Waals surface area (Å²) < 4.78 is 0.900. The van der Waals surface area contributed by atoms with Crippen molar-refractivity contribution in [1.82, 2.24) is 0 Å². The molecule has 0 saturated heterocycles. The van der Waals surface area contributed by atoms with Crippen LogP contribution in [0, 0.1) is 11.3 Å². The van der Waals surface area contributed by atoms with Gasteiger partial charge in [0.1, 0.15) is 5.84 Å². The van der Waals surface area contributed by atoms with Crippen LogP contribution in [-0.4, -0.2) is 18.9 Å². The van der Waals surface area contributed by atoms with E-state index in [0.717, 1.165) is 21.6 Å². The molecular weight excluding hydrogens is 314 g/mol. The van der Waals surface area contributed by atoms with Gasteiger partial charge in [-0.25, -0.2) is 0 Å². The average molecular weight is 338 g/mol. The summed E-state index contributed by atoms with van der Waals surface area (Å²) in [6, 6.07) is 6.58. The summed E-state index contributed by atoms with van der Waals surface area (Å²) in [5.74, 6) is 1.02. The fourth-order valence-electron chi connectivity index (χ4n) is 3.21. The maximum Gasteiger partial charge on any atom is 0.126 e. The Hall–Kier alpha value is -1.03. The van der Waals surface area contributed by atoms with Gasteiger partial charge >= 0.3 is 0 Å². The zero-order valence-corrected chi connectivity index (χ0v) is 13.9. The van der Waals surface area contributed by atoms with Crippen LogP contribution >= 0.6 is 15.9 Å². The van der Waals surface area contributed by atoms with Gasteiger partial charge in [0.2, 0.25) is 0 Å². The van der Waals surface area contributed by atoms with Crippen molar-refractivity contribution >= 4 is 27.5 Å². The van der Waals surface area contributed by atoms with E-state index in [1.54, 1.807) is 0 Å². The minimum absolute atomic E-state index is 0.126. The van der Waals surface area contributed by atoms with E-state index < -0.39 is 0 Å². The lowest BCUT2D eigenvalue weighted by atomic mass is 9.84. The predicted molar refractivity (Wildman–Crippen MR) is 89.6 cm³/mol. The smallest absolute Gasteiger partial charge is 0.126 e. The number of nitrogen functional groups attached to an aromatic ring is 1. The molecule has 0 atom stereocenters. The molecule has 0 spiro atoms. The second kappa shape index (κ2) is 6.61. The molecule has 2 rings (SSSR count). The molecular formula is C16H24BrN3. The molecule has 1 aromatic rings. The SMILES string of the molecule is CCC1CCC(N(C)c2cccc(Br)c2C(=N)N)CC1. The number of nitrogens with two attached hydrogens (primary N) is 1. The third kappa shape index (κ3) is 3.17. The van der Waals surface area contributed by atoms with Crippen molar-refractivity contribution in [3.63, 3.8) is 0 Å². The molecule has 0 amide bonds. The fourth-order valence-corrected chi connectivity index (χ4v) is 3.78. The number of anilines is 1. The molecule has 4 heteroatoms. The Morgan fingerprint density at radius 1 is 1.35 bits per heavy atom. The molecule has 0 heterocycles. The van der Waals surface area contributed by atoms with E-state index in [1.807, 2.05) is 12.1 Å². The minimum Gasteiger partial charge on any atom is -0.384 e. The Kier molecular flexibility index (Phi) is 5.08. The second-order valence-corrected chi connectivity index (χ2v) is 6.60. The van der Waals surface area contributed by atoms with Crippen molar-refractivity contribution in [3.8, 4) is 0 Å². The number of hydrogen-bond donors (Lipinski definition) is 2. The number of nitrogens with zero attached hydrogens (tertiary/aromatic N) is 1. The summed E-state index contributed by atoms with van der Waals surface area (Å²) in [6.07, 6.45) is 6.40. The number of rotatable bonds is 4. The molecule has 20 heavy (non-hydrogen) atoms. The standard InChI is InChI=1S/C16H24BrN3/c1-3-11-7-9-12(10-8-11)20(2)14-6-4-5-13(17)15(14)16(18)19/h4-6,11-12H,3,7-10H2,1-2H3,(H3,18,19). The summed E-state index contributed by atoms with van der Waals surface area (Å²) in [5.41, 5.74) is 7.63. The van der Waals surface area contributed by atoms with Crippen molar-refractivity contribution in [2.24, 2.45) is 11.7 Å². The topological polar surface area (TPSA) is 53.1 Å². The van der Waals surface area contributed by atoms with Gasteiger partial charge in [0.15, 0.2) is 0 Å². The number of nitrogens with one attached hydrogen (secondary N) is 1. The summed E-state index contributed by atoms with van der Waals surface area (Å²) >= 11 is 3.51. The van der Waals surface area contributed by atoms with Crippen LogP contribution in [0.4, 0.5) is 5.69 Å². The van der Waals surface area contributed by atoms with Crippen molar-refractivity contribution in [2.75, 3.05) is 11.9 Å². The Balaban J connectivity index is 2.20. The largest absolute Gasteiger partial charge is 0.384 e. The first-order valence-corrected chi connectivity index (χ1v) is 8.19. The molecule has 0 aliphatic heterocycles. The Labute approximate surface area is 130 Å². The number of hydrogen-bond acceptors (Lipinski definition) is 2. The Bertz CT molecular complexity index is 479. The maximum absolute atomic E-state index is 7.81. The van der Waals surface area contributed by atoms with Gasteiger partial charge < -0.3 is 10.6 Å². The van der Waals surface area contributed by atoms with Crippen molar-refractivity contribution in [3.05, 3.63) is 28.2 Å².